The number of hydrogen-bond acceptors (Lipinski definition) is 6. The number of carbonyl (C=O) groups excluding carboxylic acids is 1. The average Bonchev–Trinajstić information content (AvgIpc) is 3.25. The molecule has 2 aromatic carbocycles. The fourth-order valence-corrected chi connectivity index (χ4v) is 3.99. The summed E-state index contributed by atoms with van der Waals surface area (Å²) in [7, 11) is 0. The summed E-state index contributed by atoms with van der Waals surface area (Å²) in [6.45, 7) is 0. The molecule has 0 unspecified atom stereocenters. The fourth-order valence-electron chi connectivity index (χ4n) is 3.99. The van der Waals surface area contributed by atoms with Crippen LogP contribution in [0.4, 0.5) is 0 Å². The van der Waals surface area contributed by atoms with Gasteiger partial charge >= 0.3 is 0 Å². The molecule has 0 spiro atoms. The number of rotatable bonds is 5. The van der Waals surface area contributed by atoms with Gasteiger partial charge in [0.2, 0.25) is 5.88 Å². The van der Waals surface area contributed by atoms with Crippen molar-refractivity contribution < 1.29 is 14.1 Å². The quantitative estimate of drug-likeness (QED) is 0.520. The van der Waals surface area contributed by atoms with Crippen LogP contribution in [0.2, 0.25) is 0 Å². The van der Waals surface area contributed by atoms with Gasteiger partial charge in [-0.1, -0.05) is 35.5 Å². The van der Waals surface area contributed by atoms with Crippen molar-refractivity contribution in [3.05, 3.63) is 72.7 Å². The lowest BCUT2D eigenvalue weighted by atomic mass is 9.92. The van der Waals surface area contributed by atoms with Crippen molar-refractivity contribution in [3.8, 4) is 17.2 Å². The predicted molar refractivity (Wildman–Crippen MR) is 116 cm³/mol. The van der Waals surface area contributed by atoms with Gasteiger partial charge in [0.15, 0.2) is 5.76 Å². The van der Waals surface area contributed by atoms with E-state index in [-0.39, 0.29) is 18.1 Å². The van der Waals surface area contributed by atoms with E-state index in [4.69, 9.17) is 9.26 Å². The molecule has 1 aliphatic carbocycles. The first-order valence-corrected chi connectivity index (χ1v) is 10.4. The number of amides is 1. The van der Waals surface area contributed by atoms with Gasteiger partial charge < -0.3 is 14.6 Å². The normalized spacial score (nSPS) is 18.6. The average molecular weight is 414 g/mol. The van der Waals surface area contributed by atoms with Crippen LogP contribution in [-0.4, -0.2) is 33.2 Å². The van der Waals surface area contributed by atoms with Gasteiger partial charge in [0.05, 0.1) is 11.6 Å². The van der Waals surface area contributed by atoms with Crippen LogP contribution in [0.15, 0.2) is 71.6 Å². The number of ether oxygens (including phenoxy) is 1. The zero-order valence-electron chi connectivity index (χ0n) is 16.9. The molecule has 0 bridgehead atoms. The second-order valence-corrected chi connectivity index (χ2v) is 7.72. The molecule has 156 valence electrons. The maximum absolute atomic E-state index is 12.9. The molecule has 31 heavy (non-hydrogen) atoms. The Hall–Kier alpha value is -3.74. The third-order valence-electron chi connectivity index (χ3n) is 5.61. The maximum atomic E-state index is 12.9. The number of nitrogens with zero attached hydrogens (tertiary/aromatic N) is 3. The van der Waals surface area contributed by atoms with E-state index in [2.05, 4.69) is 20.4 Å². The summed E-state index contributed by atoms with van der Waals surface area (Å²) in [6, 6.07) is 15.4. The number of benzene rings is 2. The number of aromatic nitrogens is 3. The highest BCUT2D eigenvalue weighted by molar-refractivity contribution is 6.01. The highest BCUT2D eigenvalue weighted by Gasteiger charge is 2.24. The van der Waals surface area contributed by atoms with Gasteiger partial charge in [-0.25, -0.2) is 4.98 Å². The Bertz CT molecular complexity index is 1170. The van der Waals surface area contributed by atoms with Gasteiger partial charge in [-0.2, -0.15) is 0 Å². The minimum absolute atomic E-state index is 0.0830. The largest absolute Gasteiger partial charge is 0.473 e. The van der Waals surface area contributed by atoms with E-state index in [1.165, 1.54) is 0 Å². The van der Waals surface area contributed by atoms with Crippen molar-refractivity contribution in [2.24, 2.45) is 0 Å². The molecule has 0 radical (unpaired) electrons. The molecule has 4 aromatic rings. The van der Waals surface area contributed by atoms with Crippen molar-refractivity contribution in [2.75, 3.05) is 0 Å². The number of hydrogen-bond donors (Lipinski definition) is 1. The Morgan fingerprint density at radius 3 is 2.65 bits per heavy atom. The van der Waals surface area contributed by atoms with E-state index < -0.39 is 0 Å². The Morgan fingerprint density at radius 2 is 1.87 bits per heavy atom. The Labute approximate surface area is 179 Å². The smallest absolute Gasteiger partial charge is 0.251 e. The summed E-state index contributed by atoms with van der Waals surface area (Å²) in [6.07, 6.45) is 8.43. The SMILES string of the molecule is O=C(NC1CCC(Oc2cnccn2)CC1)c1ccc2noc(-c3ccccc3)c2c1. The highest BCUT2D eigenvalue weighted by Crippen LogP contribution is 2.29. The summed E-state index contributed by atoms with van der Waals surface area (Å²) in [5, 5.41) is 8.12. The maximum Gasteiger partial charge on any atom is 0.251 e. The molecule has 1 saturated carbocycles. The lowest BCUT2D eigenvalue weighted by Gasteiger charge is -2.29. The van der Waals surface area contributed by atoms with Gasteiger partial charge in [-0.05, 0) is 43.9 Å². The summed E-state index contributed by atoms with van der Waals surface area (Å²) in [5.74, 6) is 1.14. The predicted octanol–water partition coefficient (Wildman–Crippen LogP) is 4.40. The van der Waals surface area contributed by atoms with Gasteiger partial charge in [0, 0.05) is 29.6 Å². The molecule has 2 aromatic heterocycles. The first kappa shape index (κ1) is 19.2. The van der Waals surface area contributed by atoms with Crippen LogP contribution in [0, 0.1) is 0 Å². The lowest BCUT2D eigenvalue weighted by Crippen LogP contribution is -2.39. The van der Waals surface area contributed by atoms with Crippen LogP contribution in [0.1, 0.15) is 36.0 Å². The minimum Gasteiger partial charge on any atom is -0.473 e. The van der Waals surface area contributed by atoms with E-state index in [1.807, 2.05) is 42.5 Å². The van der Waals surface area contributed by atoms with Crippen LogP contribution in [0.3, 0.4) is 0 Å². The summed E-state index contributed by atoms with van der Waals surface area (Å²) >= 11 is 0. The molecular weight excluding hydrogens is 392 g/mol. The van der Waals surface area contributed by atoms with Gasteiger partial charge in [-0.15, -0.1) is 0 Å². The van der Waals surface area contributed by atoms with Gasteiger partial charge in [0.25, 0.3) is 5.91 Å². The van der Waals surface area contributed by atoms with E-state index in [0.29, 0.717) is 17.2 Å². The van der Waals surface area contributed by atoms with Crippen LogP contribution < -0.4 is 10.1 Å². The monoisotopic (exact) mass is 414 g/mol. The Morgan fingerprint density at radius 1 is 1.03 bits per heavy atom. The molecule has 1 fully saturated rings. The number of carbonyl (C=O) groups is 1. The van der Waals surface area contributed by atoms with Crippen molar-refractivity contribution in [2.45, 2.75) is 37.8 Å². The van der Waals surface area contributed by atoms with Gasteiger partial charge in [-0.3, -0.25) is 9.78 Å². The van der Waals surface area contributed by atoms with Crippen molar-refractivity contribution in [3.63, 3.8) is 0 Å². The molecular formula is C24H22N4O3. The second-order valence-electron chi connectivity index (χ2n) is 7.72. The number of nitrogens with one attached hydrogen (secondary N) is 1. The first-order valence-electron chi connectivity index (χ1n) is 10.4. The van der Waals surface area contributed by atoms with Crippen LogP contribution in [0.5, 0.6) is 5.88 Å². The molecule has 2 heterocycles. The molecule has 7 heteroatoms. The van der Waals surface area contributed by atoms with Crippen molar-refractivity contribution in [1.29, 1.82) is 0 Å². The standard InChI is InChI=1S/C24H22N4O3/c29-24(27-18-7-9-19(10-8-18)30-22-15-25-12-13-26-22)17-6-11-21-20(14-17)23(31-28-21)16-4-2-1-3-5-16/h1-6,11-15,18-19H,7-10H2,(H,27,29). The molecule has 1 N–H and O–H groups in total. The zero-order chi connectivity index (χ0) is 21.0. The highest BCUT2D eigenvalue weighted by atomic mass is 16.5. The summed E-state index contributed by atoms with van der Waals surface area (Å²) in [5.41, 5.74) is 2.27. The van der Waals surface area contributed by atoms with Crippen molar-refractivity contribution in [1.82, 2.24) is 20.4 Å². The molecule has 0 atom stereocenters. The van der Waals surface area contributed by atoms with Gasteiger partial charge in [0.1, 0.15) is 11.6 Å². The molecule has 1 amide bonds. The third-order valence-corrected chi connectivity index (χ3v) is 5.61. The molecule has 0 aliphatic heterocycles. The van der Waals surface area contributed by atoms with Crippen LogP contribution >= 0.6 is 0 Å². The van der Waals surface area contributed by atoms with Crippen molar-refractivity contribution >= 4 is 16.8 Å². The lowest BCUT2D eigenvalue weighted by molar-refractivity contribution is 0.0890. The molecule has 7 nitrogen and oxygen atoms in total. The molecule has 5 rings (SSSR count). The summed E-state index contributed by atoms with van der Waals surface area (Å²) < 4.78 is 11.4. The van der Waals surface area contributed by atoms with E-state index in [0.717, 1.165) is 42.1 Å². The second kappa shape index (κ2) is 8.55. The van der Waals surface area contributed by atoms with E-state index >= 15 is 0 Å². The fraction of sp³-hybridized carbons (Fsp3) is 0.250. The number of fused-ring (bicyclic) bond motifs is 1. The van der Waals surface area contributed by atoms with E-state index in [9.17, 15) is 4.79 Å². The Kier molecular flexibility index (Phi) is 5.31. The molecule has 0 saturated heterocycles. The van der Waals surface area contributed by atoms with Crippen LogP contribution in [0.25, 0.3) is 22.2 Å². The summed E-state index contributed by atoms with van der Waals surface area (Å²) in [4.78, 5) is 21.1. The molecule has 1 aliphatic rings. The Balaban J connectivity index is 1.24. The third kappa shape index (κ3) is 4.26. The zero-order valence-corrected chi connectivity index (χ0v) is 16.9. The van der Waals surface area contributed by atoms with E-state index in [1.54, 1.807) is 24.7 Å². The first-order chi connectivity index (χ1) is 15.3. The van der Waals surface area contributed by atoms with Crippen LogP contribution in [-0.2, 0) is 0 Å². The minimum atomic E-state index is -0.0830. The topological polar surface area (TPSA) is 90.1 Å².